The molecule has 4 aromatic carbocycles. The number of carbonyl (C=O) groups is 4. The van der Waals surface area contributed by atoms with Crippen molar-refractivity contribution in [3.05, 3.63) is 93.0 Å². The summed E-state index contributed by atoms with van der Waals surface area (Å²) in [6.45, 7) is 4.40. The molecule has 0 fully saturated rings. The number of phenolic OH excluding ortho intramolecular Hbond substituents is 4. The van der Waals surface area contributed by atoms with E-state index in [1.54, 1.807) is 24.3 Å². The van der Waals surface area contributed by atoms with Crippen LogP contribution < -0.4 is 31.9 Å². The Hall–Kier alpha value is -5.66. The van der Waals surface area contributed by atoms with E-state index in [0.29, 0.717) is 114 Å². The van der Waals surface area contributed by atoms with Crippen molar-refractivity contribution in [1.29, 1.82) is 0 Å². The Balaban J connectivity index is 0.00000436. The van der Waals surface area contributed by atoms with Gasteiger partial charge in [-0.1, -0.05) is 0 Å². The number of benzene rings is 4. The van der Waals surface area contributed by atoms with Crippen molar-refractivity contribution in [3.63, 3.8) is 0 Å². The van der Waals surface area contributed by atoms with E-state index >= 15 is 0 Å². The van der Waals surface area contributed by atoms with Gasteiger partial charge in [0, 0.05) is 88.3 Å². The Labute approximate surface area is 376 Å². The molecule has 0 aliphatic heterocycles. The predicted molar refractivity (Wildman–Crippen MR) is 244 cm³/mol. The molecule has 0 saturated heterocycles. The molecule has 6 rings (SSSR count). The average Bonchev–Trinajstić information content (AvgIpc) is 3.25. The number of fused-ring (bicyclic) bond motifs is 4. The van der Waals surface area contributed by atoms with Crippen molar-refractivity contribution < 1.29 is 54.6 Å². The van der Waals surface area contributed by atoms with Crippen LogP contribution in [0.5, 0.6) is 23.0 Å². The van der Waals surface area contributed by atoms with Gasteiger partial charge in [-0.05, 0) is 74.2 Å². The van der Waals surface area contributed by atoms with Gasteiger partial charge in [-0.15, -0.1) is 24.8 Å². The number of halogens is 2. The van der Waals surface area contributed by atoms with Gasteiger partial charge in [0.05, 0.1) is 57.7 Å². The third kappa shape index (κ3) is 11.1. The van der Waals surface area contributed by atoms with E-state index in [0.717, 1.165) is 0 Å². The number of hydrogen-bond donors (Lipinski definition) is 12. The summed E-state index contributed by atoms with van der Waals surface area (Å²) in [5.74, 6) is -3.94. The highest BCUT2D eigenvalue weighted by Gasteiger charge is 2.39. The van der Waals surface area contributed by atoms with Crippen molar-refractivity contribution in [2.24, 2.45) is 0 Å². The summed E-state index contributed by atoms with van der Waals surface area (Å²) < 4.78 is 5.85. The van der Waals surface area contributed by atoms with Crippen LogP contribution in [0.2, 0.25) is 0 Å². The maximum absolute atomic E-state index is 13.8. The fourth-order valence-corrected chi connectivity index (χ4v) is 7.50. The van der Waals surface area contributed by atoms with Crippen LogP contribution >= 0.6 is 24.8 Å². The molecule has 2 aliphatic carbocycles. The van der Waals surface area contributed by atoms with Gasteiger partial charge in [-0.3, -0.25) is 19.2 Å². The van der Waals surface area contributed by atoms with Crippen LogP contribution in [0.4, 0.5) is 22.7 Å². The van der Waals surface area contributed by atoms with Crippen molar-refractivity contribution in [2.75, 3.05) is 100 Å². The molecule has 19 heteroatoms. The van der Waals surface area contributed by atoms with Gasteiger partial charge in [0.2, 0.25) is 23.1 Å². The summed E-state index contributed by atoms with van der Waals surface area (Å²) >= 11 is 0. The molecule has 12 N–H and O–H groups in total. The Morgan fingerprint density at radius 2 is 0.651 bits per heavy atom. The minimum atomic E-state index is -0.587. The largest absolute Gasteiger partial charge is 0.507 e. The van der Waals surface area contributed by atoms with Gasteiger partial charge in [-0.25, -0.2) is 0 Å². The van der Waals surface area contributed by atoms with Gasteiger partial charge in [0.15, 0.2) is 0 Å². The van der Waals surface area contributed by atoms with Crippen molar-refractivity contribution in [3.8, 4) is 23.0 Å². The molecule has 0 atom stereocenters. The fourth-order valence-electron chi connectivity index (χ4n) is 7.50. The maximum atomic E-state index is 13.8. The number of rotatable bonds is 24. The first-order valence-electron chi connectivity index (χ1n) is 20.4. The maximum Gasteiger partial charge on any atom is 0.200 e. The fraction of sp³-hybridized carbons (Fsp3) is 0.364. The van der Waals surface area contributed by atoms with Crippen molar-refractivity contribution in [2.45, 2.75) is 25.7 Å². The lowest BCUT2D eigenvalue weighted by atomic mass is 9.81. The van der Waals surface area contributed by atoms with E-state index in [9.17, 15) is 39.6 Å². The molecule has 0 saturated carbocycles. The zero-order valence-corrected chi connectivity index (χ0v) is 36.1. The Morgan fingerprint density at radius 3 is 0.937 bits per heavy atom. The number of carbonyl (C=O) groups excluding carboxylic acids is 4. The summed E-state index contributed by atoms with van der Waals surface area (Å²) in [5, 5.41) is 79.1. The third-order valence-electron chi connectivity index (χ3n) is 10.4. The molecule has 340 valence electrons. The second-order valence-corrected chi connectivity index (χ2v) is 14.5. The zero-order valence-electron chi connectivity index (χ0n) is 34.5. The molecule has 0 radical (unpaired) electrons. The molecule has 0 spiro atoms. The standard InChI is InChI=1S/C44H52N6O11.2ClH/c51-21-19-45-15-17-49-27-7-5-25(33-35(27)43(59)39-31(55)11-9-29(53)37(39)41(33)57)47-13-1-3-23-61-24-4-2-14-48-26-6-8-28(50-18-16-46-20-22-52)36-34(26)42(58)38-30(54)10-12-32(56)40(38)44(36)60;;/h5-12,45-56H,1-4,13-24H2;2*1H. The van der Waals surface area contributed by atoms with Gasteiger partial charge in [0.25, 0.3) is 0 Å². The van der Waals surface area contributed by atoms with Gasteiger partial charge >= 0.3 is 0 Å². The lowest BCUT2D eigenvalue weighted by Gasteiger charge is -2.25. The van der Waals surface area contributed by atoms with E-state index in [2.05, 4.69) is 31.9 Å². The average molecular weight is 914 g/mol. The molecule has 4 aromatic rings. The number of aliphatic hydroxyl groups is 2. The summed E-state index contributed by atoms with van der Waals surface area (Å²) in [6, 6.07) is 11.5. The third-order valence-corrected chi connectivity index (χ3v) is 10.4. The number of nitrogens with one attached hydrogen (secondary N) is 6. The normalized spacial score (nSPS) is 12.3. The minimum absolute atomic E-state index is 0. The molecule has 0 aromatic heterocycles. The molecule has 0 unspecified atom stereocenters. The number of unbranched alkanes of at least 4 members (excludes halogenated alkanes) is 2. The number of ketones is 4. The SMILES string of the molecule is Cl.Cl.O=C1c2c(O)ccc(O)c2C(=O)c2c(NCCNCCO)ccc(NCCCCOCCCCNc3ccc(NCCNCCO)c4c3C(=O)c3c(O)ccc(O)c3C4=O)c21. The lowest BCUT2D eigenvalue weighted by molar-refractivity contribution is 0.0975. The van der Waals surface area contributed by atoms with Crippen LogP contribution in [0.3, 0.4) is 0 Å². The summed E-state index contributed by atoms with van der Waals surface area (Å²) in [4.78, 5) is 55.1. The van der Waals surface area contributed by atoms with E-state index in [-0.39, 0.29) is 82.5 Å². The van der Waals surface area contributed by atoms with Crippen molar-refractivity contribution in [1.82, 2.24) is 10.6 Å². The monoisotopic (exact) mass is 912 g/mol. The quantitative estimate of drug-likeness (QED) is 0.0302. The Bertz CT molecular complexity index is 2140. The van der Waals surface area contributed by atoms with E-state index in [1.807, 2.05) is 0 Å². The highest BCUT2D eigenvalue weighted by atomic mass is 35.5. The van der Waals surface area contributed by atoms with Crippen LogP contribution in [0.1, 0.15) is 89.4 Å². The van der Waals surface area contributed by atoms with Crippen LogP contribution in [0.15, 0.2) is 48.5 Å². The number of aliphatic hydroxyl groups excluding tert-OH is 2. The Kier molecular flexibility index (Phi) is 18.8. The highest BCUT2D eigenvalue weighted by molar-refractivity contribution is 6.34. The smallest absolute Gasteiger partial charge is 0.200 e. The first-order chi connectivity index (χ1) is 29.6. The van der Waals surface area contributed by atoms with Crippen LogP contribution in [0, 0.1) is 0 Å². The predicted octanol–water partition coefficient (Wildman–Crippen LogP) is 3.99. The summed E-state index contributed by atoms with van der Waals surface area (Å²) in [6.07, 6.45) is 2.75. The van der Waals surface area contributed by atoms with Gasteiger partial charge < -0.3 is 67.3 Å². The lowest BCUT2D eigenvalue weighted by Crippen LogP contribution is -2.27. The van der Waals surface area contributed by atoms with E-state index in [4.69, 9.17) is 14.9 Å². The van der Waals surface area contributed by atoms with Gasteiger partial charge in [0.1, 0.15) is 23.0 Å². The summed E-state index contributed by atoms with van der Waals surface area (Å²) in [7, 11) is 0. The number of anilines is 4. The first-order valence-corrected chi connectivity index (χ1v) is 20.4. The van der Waals surface area contributed by atoms with Crippen LogP contribution in [-0.4, -0.2) is 133 Å². The molecule has 17 nitrogen and oxygen atoms in total. The molecule has 63 heavy (non-hydrogen) atoms. The number of ether oxygens (including phenoxy) is 1. The molecular weight excluding hydrogens is 859 g/mol. The second kappa shape index (κ2) is 23.7. The van der Waals surface area contributed by atoms with Crippen LogP contribution in [-0.2, 0) is 4.74 Å². The minimum Gasteiger partial charge on any atom is -0.507 e. The van der Waals surface area contributed by atoms with E-state index < -0.39 is 46.1 Å². The molecule has 2 aliphatic rings. The topological polar surface area (TPSA) is 271 Å². The zero-order chi connectivity index (χ0) is 43.5. The number of hydrogen-bond acceptors (Lipinski definition) is 17. The van der Waals surface area contributed by atoms with E-state index in [1.165, 1.54) is 24.3 Å². The molecule has 0 amide bonds. The number of aromatic hydroxyl groups is 4. The first kappa shape index (κ1) is 50.0. The Morgan fingerprint density at radius 1 is 0.365 bits per heavy atom. The molecule has 0 bridgehead atoms. The van der Waals surface area contributed by atoms with Crippen LogP contribution in [0.25, 0.3) is 0 Å². The molecular formula is C44H54Cl2N6O11. The second-order valence-electron chi connectivity index (χ2n) is 14.5. The highest BCUT2D eigenvalue weighted by Crippen LogP contribution is 2.44. The summed E-state index contributed by atoms with van der Waals surface area (Å²) in [5.41, 5.74) is 1.07. The van der Waals surface area contributed by atoms with Gasteiger partial charge in [-0.2, -0.15) is 0 Å². The molecule has 0 heterocycles. The van der Waals surface area contributed by atoms with Crippen molar-refractivity contribution >= 4 is 70.7 Å². The number of phenols is 4.